The normalized spacial score (nSPS) is 11.7. The van der Waals surface area contributed by atoms with Gasteiger partial charge in [0, 0.05) is 36.8 Å². The van der Waals surface area contributed by atoms with Crippen LogP contribution in [0.2, 0.25) is 0 Å². The van der Waals surface area contributed by atoms with Crippen LogP contribution < -0.4 is 5.32 Å². The highest BCUT2D eigenvalue weighted by atomic mass is 32.1. The van der Waals surface area contributed by atoms with Crippen LogP contribution in [0.5, 0.6) is 0 Å². The monoisotopic (exact) mass is 366 g/mol. The topological polar surface area (TPSA) is 75.7 Å². The van der Waals surface area contributed by atoms with Gasteiger partial charge in [0.05, 0.1) is 0 Å². The van der Waals surface area contributed by atoms with Crippen LogP contribution >= 0.6 is 22.7 Å². The van der Waals surface area contributed by atoms with Crippen molar-refractivity contribution in [1.82, 2.24) is 4.90 Å². The number of esters is 1. The van der Waals surface area contributed by atoms with Crippen molar-refractivity contribution in [3.8, 4) is 10.4 Å². The summed E-state index contributed by atoms with van der Waals surface area (Å²) in [4.78, 5) is 38.2. The van der Waals surface area contributed by atoms with Gasteiger partial charge in [-0.1, -0.05) is 6.07 Å². The Labute approximate surface area is 148 Å². The van der Waals surface area contributed by atoms with Crippen LogP contribution in [0.15, 0.2) is 22.9 Å². The molecule has 2 heterocycles. The molecule has 0 fully saturated rings. The van der Waals surface area contributed by atoms with Gasteiger partial charge >= 0.3 is 5.97 Å². The molecular weight excluding hydrogens is 348 g/mol. The van der Waals surface area contributed by atoms with Gasteiger partial charge in [0.25, 0.3) is 5.91 Å². The second-order valence-electron chi connectivity index (χ2n) is 5.29. The molecule has 1 atom stereocenters. The Hall–Kier alpha value is -2.19. The number of ether oxygens (including phenoxy) is 1. The molecule has 8 heteroatoms. The molecule has 128 valence electrons. The quantitative estimate of drug-likeness (QED) is 0.825. The van der Waals surface area contributed by atoms with Crippen LogP contribution in [0.25, 0.3) is 10.4 Å². The highest BCUT2D eigenvalue weighted by molar-refractivity contribution is 7.17. The molecule has 0 aromatic carbocycles. The van der Waals surface area contributed by atoms with Crippen molar-refractivity contribution < 1.29 is 19.1 Å². The van der Waals surface area contributed by atoms with E-state index in [-0.39, 0.29) is 17.4 Å². The number of amides is 2. The minimum Gasteiger partial charge on any atom is -0.449 e. The maximum atomic E-state index is 12.6. The van der Waals surface area contributed by atoms with E-state index in [0.717, 1.165) is 4.88 Å². The fourth-order valence-corrected chi connectivity index (χ4v) is 3.88. The number of hydrogen-bond donors (Lipinski definition) is 1. The first-order chi connectivity index (χ1) is 11.3. The largest absolute Gasteiger partial charge is 0.449 e. The van der Waals surface area contributed by atoms with Gasteiger partial charge in [-0.05, 0) is 18.4 Å². The Balaban J connectivity index is 2.35. The summed E-state index contributed by atoms with van der Waals surface area (Å²) in [6.45, 7) is 2.90. The van der Waals surface area contributed by atoms with Crippen LogP contribution in [0.1, 0.15) is 24.2 Å². The number of carbonyl (C=O) groups is 3. The third kappa shape index (κ3) is 4.01. The predicted molar refractivity (Wildman–Crippen MR) is 95.5 cm³/mol. The van der Waals surface area contributed by atoms with Crippen LogP contribution in [0.3, 0.4) is 0 Å². The van der Waals surface area contributed by atoms with E-state index in [1.807, 2.05) is 17.5 Å². The van der Waals surface area contributed by atoms with Crippen molar-refractivity contribution in [2.24, 2.45) is 0 Å². The van der Waals surface area contributed by atoms with E-state index in [4.69, 9.17) is 4.74 Å². The lowest BCUT2D eigenvalue weighted by Gasteiger charge is -2.17. The van der Waals surface area contributed by atoms with Gasteiger partial charge < -0.3 is 15.0 Å². The smallest absolute Gasteiger partial charge is 0.342 e. The van der Waals surface area contributed by atoms with Crippen molar-refractivity contribution in [1.29, 1.82) is 0 Å². The van der Waals surface area contributed by atoms with Crippen molar-refractivity contribution in [2.45, 2.75) is 20.0 Å². The molecular formula is C16H18N2O4S2. The van der Waals surface area contributed by atoms with E-state index < -0.39 is 12.1 Å². The van der Waals surface area contributed by atoms with Crippen LogP contribution in [-0.4, -0.2) is 42.9 Å². The highest BCUT2D eigenvalue weighted by Crippen LogP contribution is 2.38. The first-order valence-electron chi connectivity index (χ1n) is 7.16. The van der Waals surface area contributed by atoms with Gasteiger partial charge in [0.15, 0.2) is 6.10 Å². The van der Waals surface area contributed by atoms with Gasteiger partial charge in [-0.3, -0.25) is 9.59 Å². The fraction of sp³-hybridized carbons (Fsp3) is 0.312. The summed E-state index contributed by atoms with van der Waals surface area (Å²) in [7, 11) is 3.19. The summed E-state index contributed by atoms with van der Waals surface area (Å²) < 4.78 is 5.31. The first-order valence-corrected chi connectivity index (χ1v) is 8.92. The number of hydrogen-bond acceptors (Lipinski definition) is 6. The molecule has 0 saturated carbocycles. The zero-order chi connectivity index (χ0) is 17.9. The van der Waals surface area contributed by atoms with Gasteiger partial charge in [-0.25, -0.2) is 4.79 Å². The summed E-state index contributed by atoms with van der Waals surface area (Å²) in [5.41, 5.74) is 0.962. The van der Waals surface area contributed by atoms with Crippen LogP contribution in [0, 0.1) is 0 Å². The summed E-state index contributed by atoms with van der Waals surface area (Å²) in [6.07, 6.45) is -0.909. The van der Waals surface area contributed by atoms with E-state index in [1.54, 1.807) is 19.5 Å². The highest BCUT2D eigenvalue weighted by Gasteiger charge is 2.27. The minimum absolute atomic E-state index is 0.274. The number of nitrogens with zero attached hydrogens (tertiary/aromatic N) is 1. The van der Waals surface area contributed by atoms with E-state index in [9.17, 15) is 14.4 Å². The maximum absolute atomic E-state index is 12.6. The maximum Gasteiger partial charge on any atom is 0.342 e. The van der Waals surface area contributed by atoms with E-state index in [1.165, 1.54) is 41.4 Å². The van der Waals surface area contributed by atoms with Crippen molar-refractivity contribution >= 4 is 45.5 Å². The Morgan fingerprint density at radius 3 is 2.50 bits per heavy atom. The Morgan fingerprint density at radius 2 is 1.96 bits per heavy atom. The summed E-state index contributed by atoms with van der Waals surface area (Å²) in [6, 6.07) is 3.76. The number of carbonyl (C=O) groups excluding carboxylic acids is 3. The van der Waals surface area contributed by atoms with E-state index >= 15 is 0 Å². The molecule has 0 spiro atoms. The SMILES string of the molecule is CC(=O)Nc1scc(-c2cccs2)c1C(=O)O[C@@H](C)C(=O)N(C)C. The molecule has 0 aliphatic rings. The summed E-state index contributed by atoms with van der Waals surface area (Å²) >= 11 is 2.73. The minimum atomic E-state index is -0.909. The molecule has 0 aliphatic heterocycles. The van der Waals surface area contributed by atoms with Crippen molar-refractivity contribution in [3.05, 3.63) is 28.5 Å². The molecule has 1 N–H and O–H groups in total. The molecule has 0 aliphatic carbocycles. The lowest BCUT2D eigenvalue weighted by molar-refractivity contribution is -0.137. The molecule has 6 nitrogen and oxygen atoms in total. The molecule has 2 aromatic rings. The van der Waals surface area contributed by atoms with Gasteiger partial charge in [0.2, 0.25) is 5.91 Å². The molecule has 0 saturated heterocycles. The Bertz CT molecular complexity index is 750. The Morgan fingerprint density at radius 1 is 1.25 bits per heavy atom. The van der Waals surface area contributed by atoms with Gasteiger partial charge in [-0.2, -0.15) is 0 Å². The zero-order valence-electron chi connectivity index (χ0n) is 13.8. The fourth-order valence-electron chi connectivity index (χ4n) is 2.06. The van der Waals surface area contributed by atoms with Crippen molar-refractivity contribution in [2.75, 3.05) is 19.4 Å². The van der Waals surface area contributed by atoms with E-state index in [0.29, 0.717) is 10.6 Å². The second-order valence-corrected chi connectivity index (χ2v) is 7.12. The lowest BCUT2D eigenvalue weighted by Crippen LogP contribution is -2.35. The molecule has 0 radical (unpaired) electrons. The molecule has 24 heavy (non-hydrogen) atoms. The third-order valence-corrected chi connectivity index (χ3v) is 4.94. The van der Waals surface area contributed by atoms with Crippen molar-refractivity contribution in [3.63, 3.8) is 0 Å². The number of anilines is 1. The second kappa shape index (κ2) is 7.59. The number of likely N-dealkylation sites (N-methyl/N-ethyl adjacent to an activating group) is 1. The first kappa shape index (κ1) is 18.2. The number of nitrogens with one attached hydrogen (secondary N) is 1. The van der Waals surface area contributed by atoms with E-state index in [2.05, 4.69) is 5.32 Å². The molecule has 0 bridgehead atoms. The molecule has 2 aromatic heterocycles. The third-order valence-electron chi connectivity index (χ3n) is 3.14. The average Bonchev–Trinajstić information content (AvgIpc) is 3.14. The molecule has 2 amide bonds. The molecule has 2 rings (SSSR count). The number of rotatable bonds is 5. The van der Waals surface area contributed by atoms with Gasteiger partial charge in [0.1, 0.15) is 10.6 Å². The zero-order valence-corrected chi connectivity index (χ0v) is 15.4. The summed E-state index contributed by atoms with van der Waals surface area (Å²) in [5.74, 6) is -1.22. The standard InChI is InChI=1S/C16H18N2O4S2/c1-9(15(20)18(3)4)22-16(21)13-11(12-6-5-7-23-12)8-24-14(13)17-10(2)19/h5-9H,1-4H3,(H,17,19)/t9-/m0/s1. The summed E-state index contributed by atoms with van der Waals surface area (Å²) in [5, 5.41) is 6.77. The predicted octanol–water partition coefficient (Wildman–Crippen LogP) is 3.07. The van der Waals surface area contributed by atoms with Gasteiger partial charge in [-0.15, -0.1) is 22.7 Å². The van der Waals surface area contributed by atoms with Crippen LogP contribution in [-0.2, 0) is 14.3 Å². The van der Waals surface area contributed by atoms with Crippen LogP contribution in [0.4, 0.5) is 5.00 Å². The average molecular weight is 366 g/mol. The Kier molecular flexibility index (Phi) is 5.74. The molecule has 0 unspecified atom stereocenters. The lowest BCUT2D eigenvalue weighted by atomic mass is 10.1. The number of thiophene rings is 2.